The third-order valence-electron chi connectivity index (χ3n) is 4.02. The average Bonchev–Trinajstić information content (AvgIpc) is 3.14. The van der Waals surface area contributed by atoms with Gasteiger partial charge in [0.05, 0.1) is 5.56 Å². The number of para-hydroxylation sites is 1. The zero-order valence-corrected chi connectivity index (χ0v) is 17.2. The molecule has 0 aliphatic carbocycles. The second kappa shape index (κ2) is 8.75. The summed E-state index contributed by atoms with van der Waals surface area (Å²) in [7, 11) is 0. The topological polar surface area (TPSA) is 60.7 Å². The fraction of sp³-hybridized carbons (Fsp3) is 0.261. The van der Waals surface area contributed by atoms with Crippen LogP contribution in [0.3, 0.4) is 0 Å². The maximum atomic E-state index is 13.5. The van der Waals surface area contributed by atoms with Gasteiger partial charge < -0.3 is 19.2 Å². The van der Waals surface area contributed by atoms with Gasteiger partial charge in [0, 0.05) is 12.6 Å². The molecule has 0 spiro atoms. The van der Waals surface area contributed by atoms with E-state index in [4.69, 9.17) is 13.9 Å². The first-order valence-corrected chi connectivity index (χ1v) is 9.51. The number of rotatable bonds is 6. The molecule has 3 rings (SSSR count). The van der Waals surface area contributed by atoms with E-state index >= 15 is 0 Å². The van der Waals surface area contributed by atoms with Gasteiger partial charge in [-0.05, 0) is 56.7 Å². The van der Waals surface area contributed by atoms with E-state index < -0.39 is 23.2 Å². The minimum atomic E-state index is -4.60. The highest BCUT2D eigenvalue weighted by Crippen LogP contribution is 2.35. The van der Waals surface area contributed by atoms with Gasteiger partial charge in [-0.25, -0.2) is 0 Å². The van der Waals surface area contributed by atoms with Gasteiger partial charge >= 0.3 is 6.18 Å². The van der Waals surface area contributed by atoms with Crippen molar-refractivity contribution in [2.45, 2.75) is 39.1 Å². The number of benzene rings is 2. The summed E-state index contributed by atoms with van der Waals surface area (Å²) in [6.45, 7) is 4.90. The smallest absolute Gasteiger partial charge is 0.416 e. The van der Waals surface area contributed by atoms with E-state index in [9.17, 15) is 18.0 Å². The normalized spacial score (nSPS) is 11.8. The van der Waals surface area contributed by atoms with Gasteiger partial charge in [0.15, 0.2) is 5.76 Å². The first-order valence-electron chi connectivity index (χ1n) is 9.51. The van der Waals surface area contributed by atoms with E-state index in [2.05, 4.69) is 5.32 Å². The predicted molar refractivity (Wildman–Crippen MR) is 108 cm³/mol. The largest absolute Gasteiger partial charge is 0.488 e. The van der Waals surface area contributed by atoms with Crippen molar-refractivity contribution >= 4 is 5.91 Å². The van der Waals surface area contributed by atoms with Gasteiger partial charge in [-0.15, -0.1) is 0 Å². The predicted octanol–water partition coefficient (Wildman–Crippen LogP) is 6.20. The lowest BCUT2D eigenvalue weighted by Gasteiger charge is -2.23. The molecule has 0 atom stereocenters. The summed E-state index contributed by atoms with van der Waals surface area (Å²) >= 11 is 0. The van der Waals surface area contributed by atoms with E-state index in [1.54, 1.807) is 45.0 Å². The van der Waals surface area contributed by atoms with Crippen LogP contribution in [0, 0.1) is 0 Å². The molecule has 164 valence electrons. The molecule has 0 saturated heterocycles. The van der Waals surface area contributed by atoms with Crippen molar-refractivity contribution in [3.8, 4) is 17.4 Å². The summed E-state index contributed by atoms with van der Waals surface area (Å²) < 4.78 is 56.9. The number of nitrogens with one attached hydrogen (secondary N) is 1. The van der Waals surface area contributed by atoms with Crippen LogP contribution in [0.4, 0.5) is 13.2 Å². The van der Waals surface area contributed by atoms with Gasteiger partial charge in [-0.1, -0.05) is 24.3 Å². The Kier molecular flexibility index (Phi) is 6.29. The van der Waals surface area contributed by atoms with E-state index in [0.717, 1.165) is 6.07 Å². The quantitative estimate of drug-likeness (QED) is 0.503. The van der Waals surface area contributed by atoms with Crippen molar-refractivity contribution in [2.75, 3.05) is 0 Å². The molecular formula is C23H22F3NO4. The van der Waals surface area contributed by atoms with Crippen molar-refractivity contribution in [3.63, 3.8) is 0 Å². The molecule has 0 unspecified atom stereocenters. The van der Waals surface area contributed by atoms with Crippen molar-refractivity contribution in [1.29, 1.82) is 0 Å². The first-order chi connectivity index (χ1) is 14.5. The fourth-order valence-corrected chi connectivity index (χ4v) is 2.75. The molecule has 0 saturated carbocycles. The Morgan fingerprint density at radius 1 is 0.968 bits per heavy atom. The highest BCUT2D eigenvalue weighted by Gasteiger charge is 2.34. The van der Waals surface area contributed by atoms with Crippen molar-refractivity contribution in [1.82, 2.24) is 5.32 Å². The molecule has 0 bridgehead atoms. The molecule has 5 nitrogen and oxygen atoms in total. The Morgan fingerprint density at radius 3 is 2.32 bits per heavy atom. The molecule has 31 heavy (non-hydrogen) atoms. The van der Waals surface area contributed by atoms with Crippen LogP contribution in [-0.2, 0) is 12.7 Å². The standard InChI is InChI=1S/C23H22F3NO4/c1-22(2,3)31-17-10-9-15(18(13-17)23(24,25)26)14-27-21(28)19-11-12-20(30-19)29-16-7-5-4-6-8-16/h4-13H,14H2,1-3H3,(H,27,28). The molecule has 1 amide bonds. The van der Waals surface area contributed by atoms with Crippen LogP contribution in [0.1, 0.15) is 42.5 Å². The number of ether oxygens (including phenoxy) is 2. The third-order valence-corrected chi connectivity index (χ3v) is 4.02. The highest BCUT2D eigenvalue weighted by atomic mass is 19.4. The molecule has 1 heterocycles. The summed E-state index contributed by atoms with van der Waals surface area (Å²) in [6, 6.07) is 15.3. The second-order valence-corrected chi connectivity index (χ2v) is 7.75. The van der Waals surface area contributed by atoms with Gasteiger partial charge in [-0.2, -0.15) is 13.2 Å². The molecule has 8 heteroatoms. The Hall–Kier alpha value is -3.42. The number of furan rings is 1. The molecule has 0 aliphatic rings. The van der Waals surface area contributed by atoms with E-state index in [1.807, 2.05) is 6.07 Å². The Morgan fingerprint density at radius 2 is 1.68 bits per heavy atom. The maximum absolute atomic E-state index is 13.5. The lowest BCUT2D eigenvalue weighted by Crippen LogP contribution is -2.25. The van der Waals surface area contributed by atoms with Gasteiger partial charge in [0.2, 0.25) is 0 Å². The summed E-state index contributed by atoms with van der Waals surface area (Å²) in [5, 5.41) is 2.44. The number of hydrogen-bond donors (Lipinski definition) is 1. The molecule has 0 radical (unpaired) electrons. The summed E-state index contributed by atoms with van der Waals surface area (Å²) in [5.41, 5.74) is -1.60. The van der Waals surface area contributed by atoms with E-state index in [1.165, 1.54) is 24.3 Å². The zero-order chi connectivity index (χ0) is 22.6. The van der Waals surface area contributed by atoms with Crippen LogP contribution in [0.25, 0.3) is 0 Å². The molecular weight excluding hydrogens is 411 g/mol. The van der Waals surface area contributed by atoms with E-state index in [0.29, 0.717) is 5.75 Å². The number of carbonyl (C=O) groups excluding carboxylic acids is 1. The number of carbonyl (C=O) groups is 1. The van der Waals surface area contributed by atoms with Crippen LogP contribution in [0.5, 0.6) is 17.4 Å². The van der Waals surface area contributed by atoms with Crippen LogP contribution < -0.4 is 14.8 Å². The summed E-state index contributed by atoms with van der Waals surface area (Å²) in [6.07, 6.45) is -4.60. The number of amides is 1. The fourth-order valence-electron chi connectivity index (χ4n) is 2.75. The van der Waals surface area contributed by atoms with Crippen LogP contribution in [-0.4, -0.2) is 11.5 Å². The SMILES string of the molecule is CC(C)(C)Oc1ccc(CNC(=O)c2ccc(Oc3ccccc3)o2)c(C(F)(F)F)c1. The van der Waals surface area contributed by atoms with Crippen LogP contribution in [0.15, 0.2) is 65.1 Å². The number of hydrogen-bond acceptors (Lipinski definition) is 4. The third kappa shape index (κ3) is 6.28. The number of alkyl halides is 3. The van der Waals surface area contributed by atoms with Crippen molar-refractivity contribution < 1.29 is 31.9 Å². The molecule has 0 fully saturated rings. The molecule has 3 aromatic rings. The summed E-state index contributed by atoms with van der Waals surface area (Å²) in [4.78, 5) is 12.3. The zero-order valence-electron chi connectivity index (χ0n) is 17.2. The van der Waals surface area contributed by atoms with Gasteiger partial charge in [0.1, 0.15) is 17.1 Å². The lowest BCUT2D eigenvalue weighted by molar-refractivity contribution is -0.138. The number of halogens is 3. The van der Waals surface area contributed by atoms with Crippen LogP contribution >= 0.6 is 0 Å². The first kappa shape index (κ1) is 22.3. The highest BCUT2D eigenvalue weighted by molar-refractivity contribution is 5.91. The van der Waals surface area contributed by atoms with Crippen molar-refractivity contribution in [3.05, 3.63) is 77.6 Å². The van der Waals surface area contributed by atoms with Crippen molar-refractivity contribution in [2.24, 2.45) is 0 Å². The monoisotopic (exact) mass is 433 g/mol. The minimum absolute atomic E-state index is 0.0767. The lowest BCUT2D eigenvalue weighted by atomic mass is 10.1. The van der Waals surface area contributed by atoms with Crippen LogP contribution in [0.2, 0.25) is 0 Å². The molecule has 2 aromatic carbocycles. The molecule has 1 N–H and O–H groups in total. The maximum Gasteiger partial charge on any atom is 0.416 e. The van der Waals surface area contributed by atoms with Gasteiger partial charge in [0.25, 0.3) is 11.9 Å². The molecule has 1 aromatic heterocycles. The van der Waals surface area contributed by atoms with Gasteiger partial charge in [-0.3, -0.25) is 4.79 Å². The average molecular weight is 433 g/mol. The van der Waals surface area contributed by atoms with E-state index in [-0.39, 0.29) is 29.6 Å². The Labute approximate surface area is 177 Å². The second-order valence-electron chi connectivity index (χ2n) is 7.75. The summed E-state index contributed by atoms with van der Waals surface area (Å²) in [5.74, 6) is -0.0194. The Balaban J connectivity index is 1.69. The minimum Gasteiger partial charge on any atom is -0.488 e. The molecule has 0 aliphatic heterocycles. The Bertz CT molecular complexity index is 1040.